The van der Waals surface area contributed by atoms with E-state index >= 15 is 0 Å². The Morgan fingerprint density at radius 3 is 2.80 bits per heavy atom. The van der Waals surface area contributed by atoms with Gasteiger partial charge in [-0.2, -0.15) is 0 Å². The van der Waals surface area contributed by atoms with E-state index in [0.29, 0.717) is 18.8 Å². The first-order valence-electron chi connectivity index (χ1n) is 6.50. The Balaban J connectivity index is 2.14. The molecule has 2 aromatic rings. The molecule has 0 amide bonds. The Morgan fingerprint density at radius 1 is 1.30 bits per heavy atom. The second kappa shape index (κ2) is 5.34. The predicted molar refractivity (Wildman–Crippen MR) is 77.3 cm³/mol. The van der Waals surface area contributed by atoms with Crippen molar-refractivity contribution in [3.63, 3.8) is 0 Å². The van der Waals surface area contributed by atoms with Crippen molar-refractivity contribution in [3.8, 4) is 0 Å². The molecule has 0 atom stereocenters. The standard InChI is InChI=1S/C14H16N4O2/c15-14(17-19)11-9-13(18-5-7-20-8-6-18)16-12-4-2-1-3-10(11)12/h1-4,9,19H,5-8H2,(H2,15,17). The van der Waals surface area contributed by atoms with Gasteiger partial charge in [0.15, 0.2) is 5.84 Å². The maximum Gasteiger partial charge on any atom is 0.170 e. The number of nitrogens with zero attached hydrogens (tertiary/aromatic N) is 3. The van der Waals surface area contributed by atoms with E-state index in [1.165, 1.54) is 0 Å². The second-order valence-corrected chi connectivity index (χ2v) is 4.63. The SMILES string of the molecule is NC(=NO)c1cc(N2CCOCC2)nc2ccccc12. The summed E-state index contributed by atoms with van der Waals surface area (Å²) >= 11 is 0. The number of para-hydroxylation sites is 1. The maximum absolute atomic E-state index is 8.96. The highest BCUT2D eigenvalue weighted by Crippen LogP contribution is 2.23. The number of nitrogens with two attached hydrogens (primary N) is 1. The van der Waals surface area contributed by atoms with Gasteiger partial charge < -0.3 is 20.6 Å². The minimum atomic E-state index is 0.0955. The van der Waals surface area contributed by atoms with Crippen LogP contribution >= 0.6 is 0 Å². The zero-order chi connectivity index (χ0) is 13.9. The van der Waals surface area contributed by atoms with E-state index in [0.717, 1.165) is 29.8 Å². The lowest BCUT2D eigenvalue weighted by Crippen LogP contribution is -2.37. The molecule has 1 aromatic heterocycles. The molecule has 0 saturated carbocycles. The fraction of sp³-hybridized carbons (Fsp3) is 0.286. The Kier molecular flexibility index (Phi) is 3.39. The van der Waals surface area contributed by atoms with E-state index in [1.54, 1.807) is 0 Å². The van der Waals surface area contributed by atoms with Gasteiger partial charge in [-0.3, -0.25) is 0 Å². The van der Waals surface area contributed by atoms with Crippen LogP contribution in [0.15, 0.2) is 35.5 Å². The van der Waals surface area contributed by atoms with Crippen LogP contribution in [0.3, 0.4) is 0 Å². The molecule has 6 nitrogen and oxygen atoms in total. The highest BCUT2D eigenvalue weighted by Gasteiger charge is 2.16. The van der Waals surface area contributed by atoms with Gasteiger partial charge in [-0.1, -0.05) is 23.4 Å². The van der Waals surface area contributed by atoms with Gasteiger partial charge in [-0.05, 0) is 12.1 Å². The Hall–Kier alpha value is -2.34. The van der Waals surface area contributed by atoms with Crippen molar-refractivity contribution in [2.45, 2.75) is 0 Å². The Labute approximate surface area is 116 Å². The van der Waals surface area contributed by atoms with Crippen molar-refractivity contribution in [1.29, 1.82) is 0 Å². The van der Waals surface area contributed by atoms with Crippen molar-refractivity contribution in [2.24, 2.45) is 10.9 Å². The van der Waals surface area contributed by atoms with Crippen LogP contribution in [-0.4, -0.2) is 42.3 Å². The van der Waals surface area contributed by atoms with Crippen LogP contribution in [0.25, 0.3) is 10.9 Å². The maximum atomic E-state index is 8.96. The van der Waals surface area contributed by atoms with E-state index in [1.807, 2.05) is 30.3 Å². The first kappa shape index (κ1) is 12.7. The molecule has 0 bridgehead atoms. The van der Waals surface area contributed by atoms with Crippen LogP contribution in [0.2, 0.25) is 0 Å². The summed E-state index contributed by atoms with van der Waals surface area (Å²) < 4.78 is 5.35. The number of amidine groups is 1. The molecular weight excluding hydrogens is 256 g/mol. The summed E-state index contributed by atoms with van der Waals surface area (Å²) in [4.78, 5) is 6.80. The molecule has 3 N–H and O–H groups in total. The number of morpholine rings is 1. The molecule has 20 heavy (non-hydrogen) atoms. The highest BCUT2D eigenvalue weighted by molar-refractivity contribution is 6.08. The van der Waals surface area contributed by atoms with Crippen molar-refractivity contribution >= 4 is 22.6 Å². The average Bonchev–Trinajstić information content (AvgIpc) is 2.54. The summed E-state index contributed by atoms with van der Waals surface area (Å²) in [6, 6.07) is 9.54. The molecule has 104 valence electrons. The van der Waals surface area contributed by atoms with Crippen LogP contribution < -0.4 is 10.6 Å². The Bertz CT molecular complexity index is 651. The number of anilines is 1. The molecule has 2 heterocycles. The molecule has 1 saturated heterocycles. The minimum absolute atomic E-state index is 0.0955. The van der Waals surface area contributed by atoms with Gasteiger partial charge in [0.05, 0.1) is 18.7 Å². The number of oxime groups is 1. The molecular formula is C14H16N4O2. The van der Waals surface area contributed by atoms with Crippen LogP contribution in [-0.2, 0) is 4.74 Å². The predicted octanol–water partition coefficient (Wildman–Crippen LogP) is 1.17. The zero-order valence-corrected chi connectivity index (χ0v) is 11.0. The van der Waals surface area contributed by atoms with Gasteiger partial charge in [0.25, 0.3) is 0 Å². The fourth-order valence-electron chi connectivity index (χ4n) is 2.38. The molecule has 1 aliphatic heterocycles. The summed E-state index contributed by atoms with van der Waals surface area (Å²) in [5.74, 6) is 0.923. The topological polar surface area (TPSA) is 84.0 Å². The molecule has 0 radical (unpaired) electrons. The van der Waals surface area contributed by atoms with Gasteiger partial charge in [0.2, 0.25) is 0 Å². The van der Waals surface area contributed by atoms with E-state index in [2.05, 4.69) is 15.0 Å². The molecule has 3 rings (SSSR count). The summed E-state index contributed by atoms with van der Waals surface area (Å²) in [7, 11) is 0. The first-order valence-corrected chi connectivity index (χ1v) is 6.50. The third-order valence-electron chi connectivity index (χ3n) is 3.42. The fourth-order valence-corrected chi connectivity index (χ4v) is 2.38. The summed E-state index contributed by atoms with van der Waals surface area (Å²) in [6.07, 6.45) is 0. The van der Waals surface area contributed by atoms with E-state index in [9.17, 15) is 0 Å². The lowest BCUT2D eigenvalue weighted by molar-refractivity contribution is 0.122. The Morgan fingerprint density at radius 2 is 2.05 bits per heavy atom. The van der Waals surface area contributed by atoms with Crippen molar-refractivity contribution in [2.75, 3.05) is 31.2 Å². The summed E-state index contributed by atoms with van der Waals surface area (Å²) in [5, 5.41) is 13.0. The lowest BCUT2D eigenvalue weighted by atomic mass is 10.1. The minimum Gasteiger partial charge on any atom is -0.409 e. The summed E-state index contributed by atoms with van der Waals surface area (Å²) in [6.45, 7) is 2.96. The second-order valence-electron chi connectivity index (χ2n) is 4.63. The first-order chi connectivity index (χ1) is 9.79. The van der Waals surface area contributed by atoms with Gasteiger partial charge in [0.1, 0.15) is 5.82 Å². The van der Waals surface area contributed by atoms with Gasteiger partial charge in [-0.15, -0.1) is 0 Å². The largest absolute Gasteiger partial charge is 0.409 e. The third-order valence-corrected chi connectivity index (χ3v) is 3.42. The molecule has 0 spiro atoms. The average molecular weight is 272 g/mol. The molecule has 1 aliphatic rings. The quantitative estimate of drug-likeness (QED) is 0.371. The number of fused-ring (bicyclic) bond motifs is 1. The normalized spacial score (nSPS) is 16.6. The van der Waals surface area contributed by atoms with Crippen LogP contribution in [0, 0.1) is 0 Å². The van der Waals surface area contributed by atoms with E-state index in [4.69, 9.17) is 15.7 Å². The molecule has 1 fully saturated rings. The van der Waals surface area contributed by atoms with Gasteiger partial charge in [-0.25, -0.2) is 4.98 Å². The van der Waals surface area contributed by atoms with Crippen molar-refractivity contribution in [3.05, 3.63) is 35.9 Å². The number of aromatic nitrogens is 1. The molecule has 1 aromatic carbocycles. The van der Waals surface area contributed by atoms with E-state index < -0.39 is 0 Å². The van der Waals surface area contributed by atoms with Crippen LogP contribution in [0.5, 0.6) is 0 Å². The van der Waals surface area contributed by atoms with Gasteiger partial charge in [0, 0.05) is 24.0 Å². The van der Waals surface area contributed by atoms with Crippen molar-refractivity contribution in [1.82, 2.24) is 4.98 Å². The van der Waals surface area contributed by atoms with E-state index in [-0.39, 0.29) is 5.84 Å². The summed E-state index contributed by atoms with van der Waals surface area (Å²) in [5.41, 5.74) is 7.31. The number of rotatable bonds is 2. The number of ether oxygens (including phenoxy) is 1. The number of pyridine rings is 1. The number of hydrogen-bond acceptors (Lipinski definition) is 5. The molecule has 0 unspecified atom stereocenters. The number of benzene rings is 1. The van der Waals surface area contributed by atoms with Gasteiger partial charge >= 0.3 is 0 Å². The monoisotopic (exact) mass is 272 g/mol. The number of hydrogen-bond donors (Lipinski definition) is 2. The lowest BCUT2D eigenvalue weighted by Gasteiger charge is -2.28. The van der Waals surface area contributed by atoms with Crippen molar-refractivity contribution < 1.29 is 9.94 Å². The van der Waals surface area contributed by atoms with Crippen LogP contribution in [0.1, 0.15) is 5.56 Å². The zero-order valence-electron chi connectivity index (χ0n) is 11.0. The van der Waals surface area contributed by atoms with Crippen LogP contribution in [0.4, 0.5) is 5.82 Å². The smallest absolute Gasteiger partial charge is 0.170 e. The molecule has 0 aliphatic carbocycles. The third kappa shape index (κ3) is 2.25. The molecule has 6 heteroatoms. The highest BCUT2D eigenvalue weighted by atomic mass is 16.5.